The van der Waals surface area contributed by atoms with Gasteiger partial charge in [0, 0.05) is 5.56 Å². The first-order valence-corrected chi connectivity index (χ1v) is 8.73. The van der Waals surface area contributed by atoms with Gasteiger partial charge in [0.1, 0.15) is 5.69 Å². The third kappa shape index (κ3) is 4.79. The Kier molecular flexibility index (Phi) is 5.61. The van der Waals surface area contributed by atoms with Gasteiger partial charge in [-0.05, 0) is 55.2 Å². The molecule has 136 valence electrons. The molecule has 0 aliphatic heterocycles. The van der Waals surface area contributed by atoms with Gasteiger partial charge in [-0.15, -0.1) is 0 Å². The van der Waals surface area contributed by atoms with Crippen molar-refractivity contribution in [2.45, 2.75) is 20.8 Å². The number of hydrazone groups is 1. The molecule has 3 aromatic rings. The maximum absolute atomic E-state index is 12.2. The van der Waals surface area contributed by atoms with Gasteiger partial charge in [-0.2, -0.15) is 10.2 Å². The Bertz CT molecular complexity index is 1000. The predicted octanol–water partition coefficient (Wildman–Crippen LogP) is 4.51. The summed E-state index contributed by atoms with van der Waals surface area (Å²) in [5.74, 6) is -0.332. The number of rotatable bonds is 5. The summed E-state index contributed by atoms with van der Waals surface area (Å²) < 4.78 is 0. The molecule has 0 unspecified atom stereocenters. The van der Waals surface area contributed by atoms with Gasteiger partial charge in [-0.1, -0.05) is 48.5 Å². The van der Waals surface area contributed by atoms with Gasteiger partial charge >= 0.3 is 0 Å². The number of hydrogen-bond donors (Lipinski definition) is 2. The molecule has 2 N–H and O–H groups in total. The number of allylic oxidation sites excluding steroid dienone is 1. The molecule has 1 amide bonds. The van der Waals surface area contributed by atoms with Crippen molar-refractivity contribution in [1.82, 2.24) is 15.6 Å². The zero-order valence-electron chi connectivity index (χ0n) is 15.7. The third-order valence-corrected chi connectivity index (χ3v) is 4.25. The maximum atomic E-state index is 12.2. The summed E-state index contributed by atoms with van der Waals surface area (Å²) >= 11 is 0. The van der Waals surface area contributed by atoms with Crippen LogP contribution in [0.5, 0.6) is 0 Å². The van der Waals surface area contributed by atoms with Gasteiger partial charge in [-0.25, -0.2) is 5.43 Å². The first-order chi connectivity index (χ1) is 13.0. The number of carbonyl (C=O) groups excluding carboxylic acids is 1. The van der Waals surface area contributed by atoms with Crippen LogP contribution in [0.15, 0.2) is 65.3 Å². The number of nitrogens with zero attached hydrogens (tertiary/aromatic N) is 2. The van der Waals surface area contributed by atoms with E-state index in [1.54, 1.807) is 12.3 Å². The normalized spacial score (nSPS) is 11.7. The zero-order chi connectivity index (χ0) is 19.2. The van der Waals surface area contributed by atoms with Crippen LogP contribution in [0.1, 0.15) is 34.1 Å². The number of aromatic nitrogens is 2. The van der Waals surface area contributed by atoms with Gasteiger partial charge < -0.3 is 0 Å². The Hall–Kier alpha value is -3.47. The van der Waals surface area contributed by atoms with Crippen LogP contribution in [-0.2, 0) is 0 Å². The molecule has 0 aliphatic carbocycles. The van der Waals surface area contributed by atoms with Crippen LogP contribution in [0.4, 0.5) is 0 Å². The number of carbonyl (C=O) groups is 1. The van der Waals surface area contributed by atoms with Crippen molar-refractivity contribution < 1.29 is 4.79 Å². The second-order valence-corrected chi connectivity index (χ2v) is 6.46. The number of aromatic amines is 1. The summed E-state index contributed by atoms with van der Waals surface area (Å²) in [7, 11) is 0. The largest absolute Gasteiger partial charge is 0.289 e. The Morgan fingerprint density at radius 1 is 1.07 bits per heavy atom. The molecule has 2 aromatic carbocycles. The first kappa shape index (κ1) is 18.3. The molecular weight excluding hydrogens is 336 g/mol. The van der Waals surface area contributed by atoms with Gasteiger partial charge in [0.05, 0.1) is 11.9 Å². The van der Waals surface area contributed by atoms with E-state index in [1.165, 1.54) is 11.1 Å². The molecule has 27 heavy (non-hydrogen) atoms. The van der Waals surface area contributed by atoms with Crippen LogP contribution in [0.3, 0.4) is 0 Å². The van der Waals surface area contributed by atoms with Crippen molar-refractivity contribution in [2.24, 2.45) is 5.10 Å². The second kappa shape index (κ2) is 8.27. The van der Waals surface area contributed by atoms with Crippen molar-refractivity contribution in [3.63, 3.8) is 0 Å². The molecule has 0 spiro atoms. The SMILES string of the molecule is CC(/C=N/NC(=O)c1cc(-c2ccc(C)c(C)c2)n[nH]1)=C\c1ccccc1. The summed E-state index contributed by atoms with van der Waals surface area (Å²) in [6.45, 7) is 6.05. The van der Waals surface area contributed by atoms with Crippen molar-refractivity contribution >= 4 is 18.2 Å². The summed E-state index contributed by atoms with van der Waals surface area (Å²) in [5, 5.41) is 11.0. The van der Waals surface area contributed by atoms with Crippen LogP contribution in [0, 0.1) is 13.8 Å². The lowest BCUT2D eigenvalue weighted by Gasteiger charge is -2.01. The van der Waals surface area contributed by atoms with E-state index in [4.69, 9.17) is 0 Å². The zero-order valence-corrected chi connectivity index (χ0v) is 15.7. The quantitative estimate of drug-likeness (QED) is 0.520. The molecule has 0 radical (unpaired) electrons. The summed E-state index contributed by atoms with van der Waals surface area (Å²) in [6, 6.07) is 17.8. The number of amides is 1. The van der Waals surface area contributed by atoms with Crippen LogP contribution in [0.2, 0.25) is 0 Å². The minimum Gasteiger partial charge on any atom is -0.272 e. The average Bonchev–Trinajstić information content (AvgIpc) is 3.15. The van der Waals surface area contributed by atoms with Crippen LogP contribution >= 0.6 is 0 Å². The highest BCUT2D eigenvalue weighted by Crippen LogP contribution is 2.20. The van der Waals surface area contributed by atoms with E-state index in [9.17, 15) is 4.79 Å². The lowest BCUT2D eigenvalue weighted by atomic mass is 10.0. The molecule has 0 saturated carbocycles. The van der Waals surface area contributed by atoms with E-state index in [0.717, 1.165) is 22.4 Å². The highest BCUT2D eigenvalue weighted by atomic mass is 16.2. The smallest absolute Gasteiger partial charge is 0.272 e. The summed E-state index contributed by atoms with van der Waals surface area (Å²) in [6.07, 6.45) is 3.61. The minimum atomic E-state index is -0.332. The van der Waals surface area contributed by atoms with Crippen LogP contribution in [-0.4, -0.2) is 22.3 Å². The molecule has 1 aromatic heterocycles. The van der Waals surface area contributed by atoms with Crippen molar-refractivity contribution in [2.75, 3.05) is 0 Å². The fourth-order valence-corrected chi connectivity index (χ4v) is 2.59. The Balaban J connectivity index is 1.64. The molecule has 1 heterocycles. The van der Waals surface area contributed by atoms with E-state index in [1.807, 2.05) is 55.5 Å². The fourth-order valence-electron chi connectivity index (χ4n) is 2.59. The topological polar surface area (TPSA) is 70.1 Å². The van der Waals surface area contributed by atoms with Crippen LogP contribution < -0.4 is 5.43 Å². The standard InChI is InChI=1S/C22H22N4O/c1-15(11-18-7-5-4-6-8-18)14-23-26-22(27)21-13-20(24-25-21)19-10-9-16(2)17(3)12-19/h4-14H,1-3H3,(H,24,25)(H,26,27)/b15-11+,23-14+. The molecule has 3 rings (SSSR count). The molecule has 0 aliphatic rings. The lowest BCUT2D eigenvalue weighted by Crippen LogP contribution is -2.17. The highest BCUT2D eigenvalue weighted by molar-refractivity contribution is 5.94. The molecule has 0 fully saturated rings. The van der Waals surface area contributed by atoms with Gasteiger partial charge in [0.2, 0.25) is 0 Å². The van der Waals surface area contributed by atoms with E-state index in [-0.39, 0.29) is 5.91 Å². The average molecular weight is 358 g/mol. The molecule has 0 saturated heterocycles. The summed E-state index contributed by atoms with van der Waals surface area (Å²) in [4.78, 5) is 12.2. The monoisotopic (exact) mass is 358 g/mol. The molecule has 0 atom stereocenters. The first-order valence-electron chi connectivity index (χ1n) is 8.73. The molecular formula is C22H22N4O. The van der Waals surface area contributed by atoms with E-state index < -0.39 is 0 Å². The predicted molar refractivity (Wildman–Crippen MR) is 110 cm³/mol. The number of hydrogen-bond acceptors (Lipinski definition) is 3. The van der Waals surface area contributed by atoms with Gasteiger partial charge in [0.15, 0.2) is 0 Å². The second-order valence-electron chi connectivity index (χ2n) is 6.46. The van der Waals surface area contributed by atoms with Crippen molar-refractivity contribution in [1.29, 1.82) is 0 Å². The Morgan fingerprint density at radius 2 is 1.85 bits per heavy atom. The number of aryl methyl sites for hydroxylation is 2. The Labute approximate surface area is 158 Å². The number of H-pyrrole nitrogens is 1. The van der Waals surface area contributed by atoms with E-state index in [2.05, 4.69) is 40.6 Å². The third-order valence-electron chi connectivity index (χ3n) is 4.25. The van der Waals surface area contributed by atoms with Gasteiger partial charge in [0.25, 0.3) is 5.91 Å². The van der Waals surface area contributed by atoms with E-state index >= 15 is 0 Å². The maximum Gasteiger partial charge on any atom is 0.289 e. The molecule has 0 bridgehead atoms. The lowest BCUT2D eigenvalue weighted by molar-refractivity contribution is 0.0950. The molecule has 5 heteroatoms. The van der Waals surface area contributed by atoms with Crippen molar-refractivity contribution in [3.8, 4) is 11.3 Å². The molecule has 5 nitrogen and oxygen atoms in total. The highest BCUT2D eigenvalue weighted by Gasteiger charge is 2.10. The minimum absolute atomic E-state index is 0.332. The Morgan fingerprint density at radius 3 is 2.59 bits per heavy atom. The summed E-state index contributed by atoms with van der Waals surface area (Å²) in [5.41, 5.74) is 9.01. The van der Waals surface area contributed by atoms with Crippen molar-refractivity contribution in [3.05, 3.63) is 82.6 Å². The van der Waals surface area contributed by atoms with Crippen LogP contribution in [0.25, 0.3) is 17.3 Å². The number of nitrogens with one attached hydrogen (secondary N) is 2. The fraction of sp³-hybridized carbons (Fsp3) is 0.136. The number of benzene rings is 2. The van der Waals surface area contributed by atoms with E-state index in [0.29, 0.717) is 5.69 Å². The van der Waals surface area contributed by atoms with Gasteiger partial charge in [-0.3, -0.25) is 9.89 Å².